The second kappa shape index (κ2) is 2.51. The van der Waals surface area contributed by atoms with Gasteiger partial charge >= 0.3 is 0 Å². The van der Waals surface area contributed by atoms with Crippen LogP contribution in [0.3, 0.4) is 0 Å². The smallest absolute Gasteiger partial charge is 0.270 e. The highest BCUT2D eigenvalue weighted by atomic mass is 32.2. The Morgan fingerprint density at radius 1 is 1.50 bits per heavy atom. The first-order valence-corrected chi connectivity index (χ1v) is 4.89. The van der Waals surface area contributed by atoms with Crippen LogP contribution in [0.4, 0.5) is 0 Å². The molecule has 4 heteroatoms. The van der Waals surface area contributed by atoms with Crippen LogP contribution in [0.1, 0.15) is 20.3 Å². The van der Waals surface area contributed by atoms with Crippen molar-refractivity contribution in [1.82, 2.24) is 0 Å². The number of hydrogen-bond donors (Lipinski definition) is 0. The molecule has 1 unspecified atom stereocenters. The Balaban J connectivity index is 2.79. The zero-order chi connectivity index (χ0) is 7.78. The minimum atomic E-state index is -3.19. The first-order chi connectivity index (χ1) is 4.54. The van der Waals surface area contributed by atoms with Crippen LogP contribution in [0.5, 0.6) is 0 Å². The second-order valence-electron chi connectivity index (χ2n) is 2.89. The molecule has 1 aliphatic heterocycles. The van der Waals surface area contributed by atoms with Gasteiger partial charge < -0.3 is 0 Å². The van der Waals surface area contributed by atoms with Crippen molar-refractivity contribution in [2.24, 2.45) is 5.92 Å². The van der Waals surface area contributed by atoms with Crippen molar-refractivity contribution < 1.29 is 12.6 Å². The van der Waals surface area contributed by atoms with Gasteiger partial charge in [0.25, 0.3) is 10.1 Å². The molecular weight excluding hydrogens is 152 g/mol. The predicted molar refractivity (Wildman–Crippen MR) is 38.1 cm³/mol. The van der Waals surface area contributed by atoms with Crippen LogP contribution in [0.2, 0.25) is 0 Å². The maximum absolute atomic E-state index is 11.0. The zero-order valence-corrected chi connectivity index (χ0v) is 7.02. The summed E-state index contributed by atoms with van der Waals surface area (Å²) in [4.78, 5) is 0. The van der Waals surface area contributed by atoms with E-state index in [0.29, 0.717) is 13.0 Å². The van der Waals surface area contributed by atoms with Crippen LogP contribution in [0.15, 0.2) is 0 Å². The molecule has 0 bridgehead atoms. The topological polar surface area (TPSA) is 43.4 Å². The maximum atomic E-state index is 11.0. The summed E-state index contributed by atoms with van der Waals surface area (Å²) in [7, 11) is -3.19. The lowest BCUT2D eigenvalue weighted by Gasteiger charge is -2.09. The molecule has 1 heterocycles. The Morgan fingerprint density at radius 2 is 2.10 bits per heavy atom. The average Bonchev–Trinajstić information content (AvgIpc) is 2.08. The van der Waals surface area contributed by atoms with Crippen molar-refractivity contribution in [3.8, 4) is 0 Å². The lowest BCUT2D eigenvalue weighted by molar-refractivity contribution is 0.354. The van der Waals surface area contributed by atoms with Gasteiger partial charge in [-0.15, -0.1) is 0 Å². The van der Waals surface area contributed by atoms with Crippen molar-refractivity contribution in [2.45, 2.75) is 25.5 Å². The van der Waals surface area contributed by atoms with Gasteiger partial charge in [-0.05, 0) is 12.3 Å². The van der Waals surface area contributed by atoms with Crippen LogP contribution in [-0.2, 0) is 14.3 Å². The molecule has 0 aromatic carbocycles. The van der Waals surface area contributed by atoms with E-state index in [4.69, 9.17) is 0 Å². The molecular formula is C6H12O3S. The second-order valence-corrected chi connectivity index (χ2v) is 4.71. The molecule has 3 nitrogen and oxygen atoms in total. The molecule has 1 rings (SSSR count). The van der Waals surface area contributed by atoms with Gasteiger partial charge in [-0.1, -0.05) is 13.8 Å². The lowest BCUT2D eigenvalue weighted by atomic mass is 10.1. The SMILES string of the molecule is CC(C)C1CCOS1(=O)=O. The van der Waals surface area contributed by atoms with Crippen molar-refractivity contribution in [3.63, 3.8) is 0 Å². The summed E-state index contributed by atoms with van der Waals surface area (Å²) in [5, 5.41) is -0.271. The van der Waals surface area contributed by atoms with E-state index in [9.17, 15) is 8.42 Å². The Bertz CT molecular complexity index is 205. The van der Waals surface area contributed by atoms with E-state index in [1.807, 2.05) is 13.8 Å². The fourth-order valence-electron chi connectivity index (χ4n) is 1.18. The highest BCUT2D eigenvalue weighted by Gasteiger charge is 2.34. The molecule has 0 radical (unpaired) electrons. The third kappa shape index (κ3) is 1.32. The van der Waals surface area contributed by atoms with Crippen LogP contribution in [0, 0.1) is 5.92 Å². The molecule has 1 saturated heterocycles. The summed E-state index contributed by atoms with van der Waals surface area (Å²) >= 11 is 0. The molecule has 0 aromatic heterocycles. The van der Waals surface area contributed by atoms with E-state index >= 15 is 0 Å². The molecule has 0 aromatic rings. The Morgan fingerprint density at radius 3 is 2.30 bits per heavy atom. The molecule has 0 aliphatic carbocycles. The summed E-state index contributed by atoms with van der Waals surface area (Å²) in [6.45, 7) is 4.17. The third-order valence-corrected chi connectivity index (χ3v) is 3.78. The summed E-state index contributed by atoms with van der Waals surface area (Å²) < 4.78 is 26.5. The van der Waals surface area contributed by atoms with Crippen molar-refractivity contribution >= 4 is 10.1 Å². The van der Waals surface area contributed by atoms with Gasteiger partial charge in [-0.3, -0.25) is 4.18 Å². The molecule has 10 heavy (non-hydrogen) atoms. The van der Waals surface area contributed by atoms with Crippen LogP contribution < -0.4 is 0 Å². The van der Waals surface area contributed by atoms with Crippen molar-refractivity contribution in [1.29, 1.82) is 0 Å². The van der Waals surface area contributed by atoms with Gasteiger partial charge in [0.15, 0.2) is 0 Å². The molecule has 1 fully saturated rings. The van der Waals surface area contributed by atoms with E-state index in [1.54, 1.807) is 0 Å². The van der Waals surface area contributed by atoms with Gasteiger partial charge in [-0.25, -0.2) is 0 Å². The Kier molecular flexibility index (Phi) is 2.01. The first-order valence-electron chi connectivity index (χ1n) is 3.42. The van der Waals surface area contributed by atoms with E-state index in [-0.39, 0.29) is 11.2 Å². The summed E-state index contributed by atoms with van der Waals surface area (Å²) in [6.07, 6.45) is 0.653. The van der Waals surface area contributed by atoms with E-state index < -0.39 is 10.1 Å². The lowest BCUT2D eigenvalue weighted by Crippen LogP contribution is -2.20. The molecule has 0 N–H and O–H groups in total. The predicted octanol–water partition coefficient (Wildman–Crippen LogP) is 0.761. The van der Waals surface area contributed by atoms with E-state index in [0.717, 1.165) is 0 Å². The fraction of sp³-hybridized carbons (Fsp3) is 1.00. The summed E-state index contributed by atoms with van der Waals surface area (Å²) in [5.41, 5.74) is 0. The number of hydrogen-bond acceptors (Lipinski definition) is 3. The third-order valence-electron chi connectivity index (χ3n) is 1.76. The monoisotopic (exact) mass is 164 g/mol. The molecule has 0 spiro atoms. The van der Waals surface area contributed by atoms with Gasteiger partial charge in [0.1, 0.15) is 0 Å². The minimum absolute atomic E-state index is 0.174. The average molecular weight is 164 g/mol. The van der Waals surface area contributed by atoms with Crippen LogP contribution in [-0.4, -0.2) is 20.3 Å². The minimum Gasteiger partial charge on any atom is -0.270 e. The standard InChI is InChI=1S/C6H12O3S/c1-5(2)6-3-4-9-10(6,7)8/h5-6H,3-4H2,1-2H3. The highest BCUT2D eigenvalue weighted by Crippen LogP contribution is 2.23. The van der Waals surface area contributed by atoms with E-state index in [1.165, 1.54) is 0 Å². The molecule has 1 aliphatic rings. The Labute approximate surface area is 61.5 Å². The first kappa shape index (κ1) is 8.01. The molecule has 0 amide bonds. The fourth-order valence-corrected chi connectivity index (χ4v) is 2.73. The van der Waals surface area contributed by atoms with Crippen molar-refractivity contribution in [3.05, 3.63) is 0 Å². The van der Waals surface area contributed by atoms with Gasteiger partial charge in [0.2, 0.25) is 0 Å². The largest absolute Gasteiger partial charge is 0.270 e. The molecule has 1 atom stereocenters. The zero-order valence-electron chi connectivity index (χ0n) is 6.20. The normalized spacial score (nSPS) is 31.3. The summed E-state index contributed by atoms with van der Waals surface area (Å²) in [6, 6.07) is 0. The van der Waals surface area contributed by atoms with Crippen LogP contribution in [0.25, 0.3) is 0 Å². The van der Waals surface area contributed by atoms with Crippen LogP contribution >= 0.6 is 0 Å². The molecule has 60 valence electrons. The maximum Gasteiger partial charge on any atom is 0.270 e. The summed E-state index contributed by atoms with van der Waals surface area (Å²) in [5.74, 6) is 0.174. The number of rotatable bonds is 1. The van der Waals surface area contributed by atoms with Crippen molar-refractivity contribution in [2.75, 3.05) is 6.61 Å². The van der Waals surface area contributed by atoms with Gasteiger partial charge in [0.05, 0.1) is 11.9 Å². The quantitative estimate of drug-likeness (QED) is 0.537. The highest BCUT2D eigenvalue weighted by molar-refractivity contribution is 7.87. The van der Waals surface area contributed by atoms with Gasteiger partial charge in [0, 0.05) is 0 Å². The van der Waals surface area contributed by atoms with Gasteiger partial charge in [-0.2, -0.15) is 8.42 Å². The Hall–Kier alpha value is -0.0900. The molecule has 0 saturated carbocycles. The van der Waals surface area contributed by atoms with E-state index in [2.05, 4.69) is 4.18 Å².